The summed E-state index contributed by atoms with van der Waals surface area (Å²) in [6, 6.07) is 3.91. The first-order valence-corrected chi connectivity index (χ1v) is 5.11. The standard InChI is InChI=1S/C11H16N2O/c12-11(5-8-1-2-8)9-3-4-10(7-14)13-6-9/h3-4,6,8,11,14H,1-2,5,7,12H2. The van der Waals surface area contributed by atoms with E-state index in [0.717, 1.165) is 17.9 Å². The SMILES string of the molecule is NC(CC1CC1)c1ccc(CO)nc1. The Balaban J connectivity index is 1.99. The minimum absolute atomic E-state index is 0.00184. The van der Waals surface area contributed by atoms with Crippen molar-refractivity contribution in [3.8, 4) is 0 Å². The molecule has 0 bridgehead atoms. The molecule has 1 unspecified atom stereocenters. The number of nitrogens with zero attached hydrogens (tertiary/aromatic N) is 1. The molecule has 1 aromatic rings. The lowest BCUT2D eigenvalue weighted by Crippen LogP contribution is -2.11. The number of pyridine rings is 1. The van der Waals surface area contributed by atoms with E-state index in [1.54, 1.807) is 6.20 Å². The maximum absolute atomic E-state index is 8.83. The van der Waals surface area contributed by atoms with Crippen molar-refractivity contribution in [2.24, 2.45) is 11.7 Å². The minimum Gasteiger partial charge on any atom is -0.390 e. The first kappa shape index (κ1) is 9.62. The Labute approximate surface area is 84.0 Å². The van der Waals surface area contributed by atoms with E-state index in [4.69, 9.17) is 10.8 Å². The fraction of sp³-hybridized carbons (Fsp3) is 0.545. The Morgan fingerprint density at radius 3 is 2.79 bits per heavy atom. The van der Waals surface area contributed by atoms with Crippen molar-refractivity contribution < 1.29 is 5.11 Å². The number of aliphatic hydroxyl groups excluding tert-OH is 1. The highest BCUT2D eigenvalue weighted by Crippen LogP contribution is 2.36. The lowest BCUT2D eigenvalue weighted by Gasteiger charge is -2.10. The van der Waals surface area contributed by atoms with Gasteiger partial charge in [-0.05, 0) is 24.0 Å². The molecule has 1 fully saturated rings. The highest BCUT2D eigenvalue weighted by Gasteiger charge is 2.24. The van der Waals surface area contributed by atoms with Crippen LogP contribution >= 0.6 is 0 Å². The van der Waals surface area contributed by atoms with E-state index >= 15 is 0 Å². The van der Waals surface area contributed by atoms with E-state index in [-0.39, 0.29) is 12.6 Å². The summed E-state index contributed by atoms with van der Waals surface area (Å²) >= 11 is 0. The summed E-state index contributed by atoms with van der Waals surface area (Å²) in [5.41, 5.74) is 7.80. The molecule has 1 aromatic heterocycles. The zero-order valence-electron chi connectivity index (χ0n) is 8.19. The molecule has 3 N–H and O–H groups in total. The van der Waals surface area contributed by atoms with Crippen molar-refractivity contribution >= 4 is 0 Å². The largest absolute Gasteiger partial charge is 0.390 e. The molecule has 76 valence electrons. The van der Waals surface area contributed by atoms with Crippen molar-refractivity contribution in [3.63, 3.8) is 0 Å². The first-order chi connectivity index (χ1) is 6.79. The maximum Gasteiger partial charge on any atom is 0.0852 e. The lowest BCUT2D eigenvalue weighted by molar-refractivity contribution is 0.277. The molecule has 14 heavy (non-hydrogen) atoms. The minimum atomic E-state index is -0.00184. The van der Waals surface area contributed by atoms with Crippen LogP contribution in [0.15, 0.2) is 18.3 Å². The second kappa shape index (κ2) is 4.07. The first-order valence-electron chi connectivity index (χ1n) is 5.11. The number of rotatable bonds is 4. The van der Waals surface area contributed by atoms with Crippen LogP contribution in [0.25, 0.3) is 0 Å². The van der Waals surface area contributed by atoms with E-state index in [1.807, 2.05) is 12.1 Å². The fourth-order valence-electron chi connectivity index (χ4n) is 1.60. The van der Waals surface area contributed by atoms with Crippen molar-refractivity contribution in [2.45, 2.75) is 31.9 Å². The van der Waals surface area contributed by atoms with Gasteiger partial charge in [0.1, 0.15) is 0 Å². The summed E-state index contributed by atoms with van der Waals surface area (Å²) < 4.78 is 0. The molecule has 0 aromatic carbocycles. The molecule has 0 radical (unpaired) electrons. The van der Waals surface area contributed by atoms with Gasteiger partial charge in [0.15, 0.2) is 0 Å². The number of hydrogen-bond acceptors (Lipinski definition) is 3. The summed E-state index contributed by atoms with van der Waals surface area (Å²) in [6.45, 7) is -0.00184. The summed E-state index contributed by atoms with van der Waals surface area (Å²) in [5.74, 6) is 0.836. The van der Waals surface area contributed by atoms with Gasteiger partial charge in [0.25, 0.3) is 0 Å². The van der Waals surface area contributed by atoms with E-state index in [0.29, 0.717) is 5.69 Å². The third-order valence-electron chi connectivity index (χ3n) is 2.72. The Hall–Kier alpha value is -0.930. The molecule has 3 nitrogen and oxygen atoms in total. The van der Waals surface area contributed by atoms with Gasteiger partial charge in [0, 0.05) is 12.2 Å². The second-order valence-corrected chi connectivity index (χ2v) is 4.03. The van der Waals surface area contributed by atoms with Gasteiger partial charge in [-0.3, -0.25) is 4.98 Å². The number of aliphatic hydroxyl groups is 1. The molecule has 3 heteroatoms. The quantitative estimate of drug-likeness (QED) is 0.757. The number of nitrogens with two attached hydrogens (primary N) is 1. The van der Waals surface area contributed by atoms with E-state index in [9.17, 15) is 0 Å². The van der Waals surface area contributed by atoms with Gasteiger partial charge in [0.2, 0.25) is 0 Å². The normalized spacial score (nSPS) is 18.1. The van der Waals surface area contributed by atoms with Crippen molar-refractivity contribution in [1.82, 2.24) is 4.98 Å². The molecule has 2 rings (SSSR count). The van der Waals surface area contributed by atoms with Crippen LogP contribution in [-0.4, -0.2) is 10.1 Å². The van der Waals surface area contributed by atoms with Gasteiger partial charge < -0.3 is 10.8 Å². The van der Waals surface area contributed by atoms with E-state index in [1.165, 1.54) is 12.8 Å². The van der Waals surface area contributed by atoms with Crippen LogP contribution in [0, 0.1) is 5.92 Å². The second-order valence-electron chi connectivity index (χ2n) is 4.03. The smallest absolute Gasteiger partial charge is 0.0852 e. The Kier molecular flexibility index (Phi) is 2.79. The predicted octanol–water partition coefficient (Wildman–Crippen LogP) is 1.37. The van der Waals surface area contributed by atoms with Crippen LogP contribution < -0.4 is 5.73 Å². The molecule has 1 aliphatic rings. The third-order valence-corrected chi connectivity index (χ3v) is 2.72. The van der Waals surface area contributed by atoms with Crippen LogP contribution in [0.1, 0.15) is 36.6 Å². The zero-order chi connectivity index (χ0) is 9.97. The van der Waals surface area contributed by atoms with Crippen LogP contribution in [0.4, 0.5) is 0 Å². The monoisotopic (exact) mass is 192 g/mol. The maximum atomic E-state index is 8.83. The average molecular weight is 192 g/mol. The van der Waals surface area contributed by atoms with E-state index in [2.05, 4.69) is 4.98 Å². The van der Waals surface area contributed by atoms with E-state index < -0.39 is 0 Å². The van der Waals surface area contributed by atoms with Gasteiger partial charge in [0.05, 0.1) is 12.3 Å². The van der Waals surface area contributed by atoms with Crippen molar-refractivity contribution in [1.29, 1.82) is 0 Å². The molecule has 1 atom stereocenters. The molecule has 0 amide bonds. The summed E-state index contributed by atoms with van der Waals surface area (Å²) in [5, 5.41) is 8.83. The van der Waals surface area contributed by atoms with Crippen LogP contribution in [-0.2, 0) is 6.61 Å². The average Bonchev–Trinajstić information content (AvgIpc) is 3.02. The van der Waals surface area contributed by atoms with Crippen LogP contribution in [0.3, 0.4) is 0 Å². The molecular formula is C11H16N2O. The Morgan fingerprint density at radius 2 is 2.29 bits per heavy atom. The number of hydrogen-bond donors (Lipinski definition) is 2. The van der Waals surface area contributed by atoms with Gasteiger partial charge in [-0.25, -0.2) is 0 Å². The lowest BCUT2D eigenvalue weighted by atomic mass is 10.0. The van der Waals surface area contributed by atoms with Gasteiger partial charge in [-0.15, -0.1) is 0 Å². The third kappa shape index (κ3) is 2.30. The van der Waals surface area contributed by atoms with Gasteiger partial charge in [-0.2, -0.15) is 0 Å². The molecule has 0 spiro atoms. The molecule has 1 heterocycles. The Bertz CT molecular complexity index is 293. The molecule has 1 aliphatic carbocycles. The molecular weight excluding hydrogens is 176 g/mol. The number of aromatic nitrogens is 1. The van der Waals surface area contributed by atoms with Gasteiger partial charge >= 0.3 is 0 Å². The highest BCUT2D eigenvalue weighted by molar-refractivity contribution is 5.17. The molecule has 1 saturated carbocycles. The summed E-state index contributed by atoms with van der Waals surface area (Å²) in [6.07, 6.45) is 5.50. The molecule has 0 saturated heterocycles. The summed E-state index contributed by atoms with van der Waals surface area (Å²) in [7, 11) is 0. The fourth-order valence-corrected chi connectivity index (χ4v) is 1.60. The van der Waals surface area contributed by atoms with Crippen molar-refractivity contribution in [3.05, 3.63) is 29.6 Å². The molecule has 0 aliphatic heterocycles. The van der Waals surface area contributed by atoms with Crippen molar-refractivity contribution in [2.75, 3.05) is 0 Å². The van der Waals surface area contributed by atoms with Gasteiger partial charge in [-0.1, -0.05) is 18.9 Å². The predicted molar refractivity (Wildman–Crippen MR) is 54.4 cm³/mol. The highest BCUT2D eigenvalue weighted by atomic mass is 16.3. The zero-order valence-corrected chi connectivity index (χ0v) is 8.19. The van der Waals surface area contributed by atoms with Crippen LogP contribution in [0.5, 0.6) is 0 Å². The summed E-state index contributed by atoms with van der Waals surface area (Å²) in [4.78, 5) is 4.12. The Morgan fingerprint density at radius 1 is 1.50 bits per heavy atom. The van der Waals surface area contributed by atoms with Crippen LogP contribution in [0.2, 0.25) is 0 Å². The topological polar surface area (TPSA) is 59.1 Å².